The third-order valence-corrected chi connectivity index (χ3v) is 4.39. The highest BCUT2D eigenvalue weighted by molar-refractivity contribution is 5.42. The lowest BCUT2D eigenvalue weighted by Gasteiger charge is -2.17. The summed E-state index contributed by atoms with van der Waals surface area (Å²) in [5.74, 6) is 3.39. The zero-order chi connectivity index (χ0) is 19.6. The number of rotatable bonds is 11. The van der Waals surface area contributed by atoms with Gasteiger partial charge in [0.1, 0.15) is 29.6 Å². The molecule has 0 aliphatic rings. The second-order valence-corrected chi connectivity index (χ2v) is 6.33. The number of hydrogen-bond acceptors (Lipinski definition) is 5. The first-order chi connectivity index (χ1) is 13.0. The molecule has 27 heavy (non-hydrogen) atoms. The molecule has 0 bridgehead atoms. The van der Waals surface area contributed by atoms with Gasteiger partial charge in [-0.15, -0.1) is 0 Å². The van der Waals surface area contributed by atoms with Crippen molar-refractivity contribution >= 4 is 0 Å². The van der Waals surface area contributed by atoms with E-state index < -0.39 is 0 Å². The minimum atomic E-state index is -0.358. The molecule has 0 aromatic heterocycles. The highest BCUT2D eigenvalue weighted by Gasteiger charge is 2.07. The van der Waals surface area contributed by atoms with E-state index in [1.165, 1.54) is 5.56 Å². The fourth-order valence-corrected chi connectivity index (χ4v) is 2.57. The summed E-state index contributed by atoms with van der Waals surface area (Å²) in [6.45, 7) is 7.09. The molecule has 5 heteroatoms. The second-order valence-electron chi connectivity index (χ2n) is 6.33. The SMILES string of the molecule is CCC(C)c1ccc(OC(C)OCCOc2cc(OC)cc(OC)c2)cc1. The average Bonchev–Trinajstić information content (AvgIpc) is 2.70. The molecule has 2 aromatic carbocycles. The van der Waals surface area contributed by atoms with Gasteiger partial charge in [0.15, 0.2) is 6.29 Å². The molecule has 2 rings (SSSR count). The van der Waals surface area contributed by atoms with Crippen molar-refractivity contribution in [3.8, 4) is 23.0 Å². The van der Waals surface area contributed by atoms with Crippen molar-refractivity contribution in [1.82, 2.24) is 0 Å². The van der Waals surface area contributed by atoms with Crippen molar-refractivity contribution in [3.63, 3.8) is 0 Å². The highest BCUT2D eigenvalue weighted by atomic mass is 16.7. The summed E-state index contributed by atoms with van der Waals surface area (Å²) in [5.41, 5.74) is 1.32. The summed E-state index contributed by atoms with van der Waals surface area (Å²) in [4.78, 5) is 0. The van der Waals surface area contributed by atoms with E-state index in [4.69, 9.17) is 23.7 Å². The second kappa shape index (κ2) is 10.7. The smallest absolute Gasteiger partial charge is 0.197 e. The Balaban J connectivity index is 1.75. The summed E-state index contributed by atoms with van der Waals surface area (Å²) in [6.07, 6.45) is 0.765. The third kappa shape index (κ3) is 6.68. The summed E-state index contributed by atoms with van der Waals surface area (Å²) in [7, 11) is 3.21. The van der Waals surface area contributed by atoms with Crippen LogP contribution in [0.5, 0.6) is 23.0 Å². The summed E-state index contributed by atoms with van der Waals surface area (Å²) < 4.78 is 27.6. The van der Waals surface area contributed by atoms with E-state index >= 15 is 0 Å². The third-order valence-electron chi connectivity index (χ3n) is 4.39. The van der Waals surface area contributed by atoms with Crippen molar-refractivity contribution in [1.29, 1.82) is 0 Å². The Kier molecular flexibility index (Phi) is 8.27. The Morgan fingerprint density at radius 1 is 0.778 bits per heavy atom. The van der Waals surface area contributed by atoms with Gasteiger partial charge < -0.3 is 23.7 Å². The van der Waals surface area contributed by atoms with E-state index in [1.54, 1.807) is 32.4 Å². The average molecular weight is 374 g/mol. The molecule has 0 spiro atoms. The molecule has 2 aromatic rings. The molecule has 2 unspecified atom stereocenters. The van der Waals surface area contributed by atoms with Gasteiger partial charge in [-0.1, -0.05) is 26.0 Å². The van der Waals surface area contributed by atoms with E-state index in [-0.39, 0.29) is 6.29 Å². The lowest BCUT2D eigenvalue weighted by atomic mass is 9.99. The maximum atomic E-state index is 5.79. The number of methoxy groups -OCH3 is 2. The lowest BCUT2D eigenvalue weighted by Crippen LogP contribution is -2.19. The van der Waals surface area contributed by atoms with Gasteiger partial charge in [0.25, 0.3) is 0 Å². The molecule has 148 valence electrons. The Hall–Kier alpha value is -2.40. The van der Waals surface area contributed by atoms with Crippen LogP contribution < -0.4 is 18.9 Å². The van der Waals surface area contributed by atoms with E-state index in [9.17, 15) is 0 Å². The van der Waals surface area contributed by atoms with Crippen LogP contribution in [0.1, 0.15) is 38.7 Å². The van der Waals surface area contributed by atoms with E-state index in [2.05, 4.69) is 26.0 Å². The van der Waals surface area contributed by atoms with E-state index in [0.29, 0.717) is 36.4 Å². The molecule has 0 heterocycles. The fraction of sp³-hybridized carbons (Fsp3) is 0.455. The minimum absolute atomic E-state index is 0.358. The first-order valence-electron chi connectivity index (χ1n) is 9.29. The fourth-order valence-electron chi connectivity index (χ4n) is 2.57. The molecule has 5 nitrogen and oxygen atoms in total. The van der Waals surface area contributed by atoms with Crippen molar-refractivity contribution in [2.45, 2.75) is 39.4 Å². The van der Waals surface area contributed by atoms with Gasteiger partial charge in [0, 0.05) is 18.2 Å². The molecule has 0 aliphatic carbocycles. The van der Waals surface area contributed by atoms with Crippen LogP contribution in [0.25, 0.3) is 0 Å². The van der Waals surface area contributed by atoms with Gasteiger partial charge in [0.05, 0.1) is 20.8 Å². The quantitative estimate of drug-likeness (QED) is 0.407. The molecule has 2 atom stereocenters. The van der Waals surface area contributed by atoms with Gasteiger partial charge in [0.2, 0.25) is 0 Å². The molecule has 0 saturated heterocycles. The summed E-state index contributed by atoms with van der Waals surface area (Å²) in [5, 5.41) is 0. The largest absolute Gasteiger partial charge is 0.496 e. The van der Waals surface area contributed by atoms with Crippen LogP contribution in [0.3, 0.4) is 0 Å². The molecule has 0 fully saturated rings. The molecule has 0 N–H and O–H groups in total. The topological polar surface area (TPSA) is 46.2 Å². The number of hydrogen-bond donors (Lipinski definition) is 0. The van der Waals surface area contributed by atoms with Crippen LogP contribution in [0.2, 0.25) is 0 Å². The predicted octanol–water partition coefficient (Wildman–Crippen LogP) is 5.04. The maximum absolute atomic E-state index is 5.79. The van der Waals surface area contributed by atoms with Gasteiger partial charge in [-0.2, -0.15) is 0 Å². The van der Waals surface area contributed by atoms with Crippen molar-refractivity contribution in [2.75, 3.05) is 27.4 Å². The first kappa shape index (κ1) is 20.9. The standard InChI is InChI=1S/C22H30O5/c1-6-16(2)18-7-9-19(10-8-18)27-17(3)25-11-12-26-22-14-20(23-4)13-21(15-22)24-5/h7-10,13-17H,6,11-12H2,1-5H3. The van der Waals surface area contributed by atoms with Crippen molar-refractivity contribution < 1.29 is 23.7 Å². The van der Waals surface area contributed by atoms with Crippen LogP contribution in [-0.4, -0.2) is 33.7 Å². The Bertz CT molecular complexity index is 661. The normalized spacial score (nSPS) is 12.9. The van der Waals surface area contributed by atoms with Crippen LogP contribution >= 0.6 is 0 Å². The van der Waals surface area contributed by atoms with Gasteiger partial charge in [-0.25, -0.2) is 0 Å². The molecule has 0 amide bonds. The monoisotopic (exact) mass is 374 g/mol. The van der Waals surface area contributed by atoms with Crippen LogP contribution in [0, 0.1) is 0 Å². The zero-order valence-corrected chi connectivity index (χ0v) is 16.9. The van der Waals surface area contributed by atoms with Crippen molar-refractivity contribution in [2.24, 2.45) is 0 Å². The predicted molar refractivity (Wildman–Crippen MR) is 106 cm³/mol. The minimum Gasteiger partial charge on any atom is -0.496 e. The van der Waals surface area contributed by atoms with Crippen molar-refractivity contribution in [3.05, 3.63) is 48.0 Å². The number of benzene rings is 2. The van der Waals surface area contributed by atoms with Crippen LogP contribution in [0.15, 0.2) is 42.5 Å². The molecule has 0 saturated carbocycles. The van der Waals surface area contributed by atoms with Gasteiger partial charge in [-0.05, 0) is 37.0 Å². The Morgan fingerprint density at radius 2 is 1.37 bits per heavy atom. The van der Waals surface area contributed by atoms with Gasteiger partial charge >= 0.3 is 0 Å². The number of ether oxygens (including phenoxy) is 5. The Morgan fingerprint density at radius 3 is 1.93 bits per heavy atom. The van der Waals surface area contributed by atoms with Crippen LogP contribution in [-0.2, 0) is 4.74 Å². The molecular formula is C22H30O5. The van der Waals surface area contributed by atoms with E-state index in [1.807, 2.05) is 19.1 Å². The van der Waals surface area contributed by atoms with Crippen LogP contribution in [0.4, 0.5) is 0 Å². The molecule has 0 radical (unpaired) electrons. The van der Waals surface area contributed by atoms with E-state index in [0.717, 1.165) is 12.2 Å². The summed E-state index contributed by atoms with van der Waals surface area (Å²) >= 11 is 0. The highest BCUT2D eigenvalue weighted by Crippen LogP contribution is 2.27. The maximum Gasteiger partial charge on any atom is 0.197 e. The van der Waals surface area contributed by atoms with Gasteiger partial charge in [-0.3, -0.25) is 0 Å². The first-order valence-corrected chi connectivity index (χ1v) is 9.29. The lowest BCUT2D eigenvalue weighted by molar-refractivity contribution is -0.0739. The Labute approximate surface area is 162 Å². The molecular weight excluding hydrogens is 344 g/mol. The molecule has 0 aliphatic heterocycles. The zero-order valence-electron chi connectivity index (χ0n) is 16.9. The summed E-state index contributed by atoms with van der Waals surface area (Å²) in [6, 6.07) is 13.6.